The second-order valence-corrected chi connectivity index (χ2v) is 12.5. The summed E-state index contributed by atoms with van der Waals surface area (Å²) in [4.78, 5) is 12.4. The second kappa shape index (κ2) is 10.2. The van der Waals surface area contributed by atoms with Crippen LogP contribution in [0.3, 0.4) is 0 Å². The molecule has 0 bridgehead atoms. The molecule has 3 nitrogen and oxygen atoms in total. The van der Waals surface area contributed by atoms with Crippen molar-refractivity contribution in [3.05, 3.63) is 34.4 Å². The molecular weight excluding hydrogens is 380 g/mol. The minimum absolute atomic E-state index is 0.243. The maximum atomic E-state index is 12.4. The Morgan fingerprint density at radius 1 is 0.966 bits per heavy atom. The Labute approximate surface area is 178 Å². The summed E-state index contributed by atoms with van der Waals surface area (Å²) in [6.45, 7) is 12.0. The Morgan fingerprint density at radius 2 is 1.48 bits per heavy atom. The SMILES string of the molecule is Cc1cc(C(=O)CC(C)C)cc(C)c1CCC1CCC(CS(=O)(=O)C(C)C)CC1. The maximum absolute atomic E-state index is 12.4. The third kappa shape index (κ3) is 6.94. The average molecular weight is 421 g/mol. The van der Waals surface area contributed by atoms with Crippen LogP contribution in [0.1, 0.15) is 93.3 Å². The summed E-state index contributed by atoms with van der Waals surface area (Å²) in [5.74, 6) is 2.02. The highest BCUT2D eigenvalue weighted by Crippen LogP contribution is 2.33. The van der Waals surface area contributed by atoms with Gasteiger partial charge in [0.2, 0.25) is 0 Å². The Kier molecular flexibility index (Phi) is 8.51. The fourth-order valence-corrected chi connectivity index (χ4v) is 5.97. The highest BCUT2D eigenvalue weighted by atomic mass is 32.2. The Balaban J connectivity index is 1.90. The van der Waals surface area contributed by atoms with E-state index >= 15 is 0 Å². The van der Waals surface area contributed by atoms with Crippen LogP contribution in [-0.4, -0.2) is 25.2 Å². The second-order valence-electron chi connectivity index (χ2n) is 9.91. The van der Waals surface area contributed by atoms with Gasteiger partial charge in [0.05, 0.1) is 11.0 Å². The quantitative estimate of drug-likeness (QED) is 0.454. The van der Waals surface area contributed by atoms with E-state index in [4.69, 9.17) is 0 Å². The van der Waals surface area contributed by atoms with Gasteiger partial charge in [-0.3, -0.25) is 4.79 Å². The number of benzene rings is 1. The molecule has 1 aromatic carbocycles. The van der Waals surface area contributed by atoms with Gasteiger partial charge in [-0.1, -0.05) is 26.7 Å². The van der Waals surface area contributed by atoms with E-state index in [1.54, 1.807) is 13.8 Å². The van der Waals surface area contributed by atoms with Gasteiger partial charge in [0.15, 0.2) is 15.6 Å². The van der Waals surface area contributed by atoms with Crippen LogP contribution in [0.15, 0.2) is 12.1 Å². The molecule has 0 heterocycles. The van der Waals surface area contributed by atoms with Crippen molar-refractivity contribution < 1.29 is 13.2 Å². The van der Waals surface area contributed by atoms with Crippen LogP contribution < -0.4 is 0 Å². The first kappa shape index (κ1) is 24.1. The fourth-order valence-electron chi connectivity index (χ4n) is 4.59. The van der Waals surface area contributed by atoms with Gasteiger partial charge in [0.1, 0.15) is 0 Å². The molecule has 1 aliphatic rings. The monoisotopic (exact) mass is 420 g/mol. The van der Waals surface area contributed by atoms with E-state index in [1.165, 1.54) is 16.7 Å². The van der Waals surface area contributed by atoms with Crippen molar-refractivity contribution in [1.82, 2.24) is 0 Å². The van der Waals surface area contributed by atoms with Gasteiger partial charge in [-0.2, -0.15) is 0 Å². The number of hydrogen-bond donors (Lipinski definition) is 0. The summed E-state index contributed by atoms with van der Waals surface area (Å²) >= 11 is 0. The van der Waals surface area contributed by atoms with Crippen molar-refractivity contribution in [2.75, 3.05) is 5.75 Å². The number of ketones is 1. The molecule has 0 amide bonds. The first-order chi connectivity index (χ1) is 13.5. The maximum Gasteiger partial charge on any atom is 0.163 e. The van der Waals surface area contributed by atoms with Crippen LogP contribution >= 0.6 is 0 Å². The largest absolute Gasteiger partial charge is 0.294 e. The molecule has 1 fully saturated rings. The molecule has 0 radical (unpaired) electrons. The van der Waals surface area contributed by atoms with Gasteiger partial charge in [0.25, 0.3) is 0 Å². The lowest BCUT2D eigenvalue weighted by Gasteiger charge is -2.29. The van der Waals surface area contributed by atoms with E-state index in [-0.39, 0.29) is 11.0 Å². The predicted molar refractivity (Wildman–Crippen MR) is 122 cm³/mol. The molecule has 0 aliphatic heterocycles. The molecule has 0 atom stereocenters. The Bertz CT molecular complexity index is 774. The lowest BCUT2D eigenvalue weighted by molar-refractivity contribution is 0.0967. The Morgan fingerprint density at radius 3 is 1.97 bits per heavy atom. The molecular formula is C25H40O3S. The van der Waals surface area contributed by atoms with E-state index < -0.39 is 9.84 Å². The van der Waals surface area contributed by atoms with Crippen molar-refractivity contribution in [1.29, 1.82) is 0 Å². The number of sulfone groups is 1. The molecule has 0 N–H and O–H groups in total. The molecule has 0 saturated heterocycles. The highest BCUT2D eigenvalue weighted by molar-refractivity contribution is 7.91. The molecule has 1 saturated carbocycles. The van der Waals surface area contributed by atoms with E-state index in [0.717, 1.165) is 44.1 Å². The van der Waals surface area contributed by atoms with Crippen LogP contribution in [0, 0.1) is 31.6 Å². The van der Waals surface area contributed by atoms with Crippen LogP contribution in [0.4, 0.5) is 0 Å². The lowest BCUT2D eigenvalue weighted by atomic mass is 9.79. The predicted octanol–water partition coefficient (Wildman–Crippen LogP) is 6.09. The summed E-state index contributed by atoms with van der Waals surface area (Å²) in [6, 6.07) is 4.14. The highest BCUT2D eigenvalue weighted by Gasteiger charge is 2.27. The van der Waals surface area contributed by atoms with Gasteiger partial charge in [-0.05, 0) is 100.0 Å². The smallest absolute Gasteiger partial charge is 0.163 e. The van der Waals surface area contributed by atoms with Gasteiger partial charge < -0.3 is 0 Å². The van der Waals surface area contributed by atoms with E-state index in [2.05, 4.69) is 39.8 Å². The summed E-state index contributed by atoms with van der Waals surface area (Å²) < 4.78 is 24.4. The minimum Gasteiger partial charge on any atom is -0.294 e. The first-order valence-electron chi connectivity index (χ1n) is 11.3. The van der Waals surface area contributed by atoms with Crippen molar-refractivity contribution in [3.63, 3.8) is 0 Å². The van der Waals surface area contributed by atoms with Crippen molar-refractivity contribution >= 4 is 15.6 Å². The summed E-state index contributed by atoms with van der Waals surface area (Å²) in [5, 5.41) is -0.262. The van der Waals surface area contributed by atoms with Crippen LogP contribution in [0.25, 0.3) is 0 Å². The number of carbonyl (C=O) groups is 1. The molecule has 29 heavy (non-hydrogen) atoms. The standard InChI is InChI=1S/C25H40O3S/c1-17(2)13-25(26)23-14-19(5)24(20(6)15-23)12-11-21-7-9-22(10-8-21)16-29(27,28)18(3)4/h14-15,17-18,21-22H,7-13,16H2,1-6H3. The van der Waals surface area contributed by atoms with Crippen molar-refractivity contribution in [2.45, 2.75) is 91.7 Å². The van der Waals surface area contributed by atoms with E-state index in [0.29, 0.717) is 29.9 Å². The van der Waals surface area contributed by atoms with E-state index in [9.17, 15) is 13.2 Å². The molecule has 4 heteroatoms. The average Bonchev–Trinajstić information content (AvgIpc) is 2.61. The first-order valence-corrected chi connectivity index (χ1v) is 13.1. The minimum atomic E-state index is -2.93. The third-order valence-electron chi connectivity index (χ3n) is 6.57. The van der Waals surface area contributed by atoms with Gasteiger partial charge in [-0.15, -0.1) is 0 Å². The third-order valence-corrected chi connectivity index (χ3v) is 8.94. The topological polar surface area (TPSA) is 51.2 Å². The summed E-state index contributed by atoms with van der Waals surface area (Å²) in [7, 11) is -2.93. The molecule has 1 aliphatic carbocycles. The summed E-state index contributed by atoms with van der Waals surface area (Å²) in [5.41, 5.74) is 4.70. The number of carbonyl (C=O) groups excluding carboxylic acids is 1. The number of hydrogen-bond acceptors (Lipinski definition) is 3. The number of aryl methyl sites for hydroxylation is 2. The molecule has 1 aromatic rings. The fraction of sp³-hybridized carbons (Fsp3) is 0.720. The lowest BCUT2D eigenvalue weighted by Crippen LogP contribution is -2.26. The van der Waals surface area contributed by atoms with E-state index in [1.807, 2.05) is 0 Å². The van der Waals surface area contributed by atoms with Gasteiger partial charge in [0, 0.05) is 12.0 Å². The molecule has 2 rings (SSSR count). The zero-order chi connectivity index (χ0) is 21.8. The van der Waals surface area contributed by atoms with Crippen LogP contribution in [0.5, 0.6) is 0 Å². The van der Waals surface area contributed by atoms with Crippen molar-refractivity contribution in [2.24, 2.45) is 17.8 Å². The molecule has 164 valence electrons. The summed E-state index contributed by atoms with van der Waals surface area (Å²) in [6.07, 6.45) is 7.17. The molecule has 0 unspecified atom stereocenters. The normalized spacial score (nSPS) is 20.4. The van der Waals surface area contributed by atoms with Crippen LogP contribution in [0.2, 0.25) is 0 Å². The zero-order valence-corrected chi connectivity index (χ0v) is 20.1. The molecule has 0 aromatic heterocycles. The number of rotatable bonds is 9. The van der Waals surface area contributed by atoms with Crippen LogP contribution in [-0.2, 0) is 16.3 Å². The molecule has 0 spiro atoms. The Hall–Kier alpha value is -1.16. The van der Waals surface area contributed by atoms with Gasteiger partial charge >= 0.3 is 0 Å². The van der Waals surface area contributed by atoms with Gasteiger partial charge in [-0.25, -0.2) is 8.42 Å². The zero-order valence-electron chi connectivity index (χ0n) is 19.3. The number of Topliss-reactive ketones (excluding diaryl/α,β-unsaturated/α-hetero) is 1. The van der Waals surface area contributed by atoms with Crippen molar-refractivity contribution in [3.8, 4) is 0 Å².